The normalized spacial score (nSPS) is 12.9. The van der Waals surface area contributed by atoms with Gasteiger partial charge in [0.15, 0.2) is 0 Å². The Labute approximate surface area is 244 Å². The first-order valence-electron chi connectivity index (χ1n) is 15.6. The van der Waals surface area contributed by atoms with Crippen LogP contribution in [0.15, 0.2) is 60.3 Å². The maximum atomic E-state index is 12.5. The number of ether oxygens (including phenoxy) is 1. The van der Waals surface area contributed by atoms with Crippen molar-refractivity contribution in [1.29, 1.82) is 0 Å². The smallest absolute Gasteiger partial charge is 0.305 e. The van der Waals surface area contributed by atoms with Gasteiger partial charge in [-0.3, -0.25) is 4.79 Å². The number of benzene rings is 1. The molecule has 2 N–H and O–H groups in total. The monoisotopic (exact) mass is 549 g/mol. The third-order valence-electron chi connectivity index (χ3n) is 7.49. The Kier molecular flexibility index (Phi) is 15.7. The van der Waals surface area contributed by atoms with Gasteiger partial charge in [0.1, 0.15) is 6.61 Å². The number of hydrogen-bond acceptors (Lipinski definition) is 3. The van der Waals surface area contributed by atoms with Gasteiger partial charge in [0, 0.05) is 29.4 Å². The van der Waals surface area contributed by atoms with E-state index in [0.29, 0.717) is 6.42 Å². The zero-order chi connectivity index (χ0) is 29.2. The molecule has 40 heavy (non-hydrogen) atoms. The summed E-state index contributed by atoms with van der Waals surface area (Å²) in [4.78, 5) is 15.8. The number of carbonyl (C=O) groups excluding carboxylic acids is 1. The first-order valence-corrected chi connectivity index (χ1v) is 15.6. The van der Waals surface area contributed by atoms with Gasteiger partial charge in [-0.1, -0.05) is 87.1 Å². The van der Waals surface area contributed by atoms with Crippen LogP contribution in [0.2, 0.25) is 0 Å². The van der Waals surface area contributed by atoms with E-state index >= 15 is 0 Å². The molecule has 2 aromatic rings. The first kappa shape index (κ1) is 33.6. The predicted molar refractivity (Wildman–Crippen MR) is 171 cm³/mol. The molecule has 222 valence electrons. The van der Waals surface area contributed by atoms with Crippen molar-refractivity contribution < 1.29 is 14.6 Å². The zero-order valence-electron chi connectivity index (χ0n) is 25.9. The van der Waals surface area contributed by atoms with Crippen LogP contribution in [0.25, 0.3) is 10.9 Å². The van der Waals surface area contributed by atoms with Crippen LogP contribution in [0.3, 0.4) is 0 Å². The summed E-state index contributed by atoms with van der Waals surface area (Å²) in [5.41, 5.74) is 3.55. The number of aliphatic hydroxyl groups is 1. The van der Waals surface area contributed by atoms with Crippen molar-refractivity contribution in [3.8, 4) is 0 Å². The summed E-state index contributed by atoms with van der Waals surface area (Å²) >= 11 is 0. The third-order valence-corrected chi connectivity index (χ3v) is 7.49. The van der Waals surface area contributed by atoms with E-state index in [1.54, 1.807) is 13.8 Å². The van der Waals surface area contributed by atoms with E-state index in [1.807, 2.05) is 6.20 Å². The SMILES string of the molecule is CCCCCC=CCC=CCCCCCCCC(=O)OCC(c1c[nH]c2cc(CC=C(C)C)ccc12)C(C)(C)O. The molecule has 4 heteroatoms. The molecule has 2 rings (SSSR count). The van der Waals surface area contributed by atoms with Crippen molar-refractivity contribution in [2.24, 2.45) is 0 Å². The lowest BCUT2D eigenvalue weighted by molar-refractivity contribution is -0.145. The molecule has 1 aromatic carbocycles. The lowest BCUT2D eigenvalue weighted by Crippen LogP contribution is -2.33. The van der Waals surface area contributed by atoms with Gasteiger partial charge in [0.2, 0.25) is 0 Å². The summed E-state index contributed by atoms with van der Waals surface area (Å²) in [5, 5.41) is 12.0. The minimum atomic E-state index is -1.02. The summed E-state index contributed by atoms with van der Waals surface area (Å²) in [6.07, 6.45) is 27.4. The Hall–Kier alpha value is -2.59. The number of allylic oxidation sites excluding steroid dienone is 6. The summed E-state index contributed by atoms with van der Waals surface area (Å²) in [6.45, 7) is 10.2. The fourth-order valence-corrected chi connectivity index (χ4v) is 4.94. The van der Waals surface area contributed by atoms with Gasteiger partial charge in [0.05, 0.1) is 5.60 Å². The van der Waals surface area contributed by atoms with Crippen molar-refractivity contribution in [2.75, 3.05) is 6.61 Å². The van der Waals surface area contributed by atoms with Crippen LogP contribution in [0, 0.1) is 0 Å². The second kappa shape index (κ2) is 18.7. The second-order valence-corrected chi connectivity index (χ2v) is 12.0. The minimum absolute atomic E-state index is 0.176. The minimum Gasteiger partial charge on any atom is -0.465 e. The van der Waals surface area contributed by atoms with Crippen LogP contribution in [0.1, 0.15) is 129 Å². The molecule has 4 nitrogen and oxygen atoms in total. The molecule has 0 saturated carbocycles. The number of hydrogen-bond donors (Lipinski definition) is 2. The summed E-state index contributed by atoms with van der Waals surface area (Å²) in [6, 6.07) is 6.41. The molecule has 0 aliphatic rings. The standard InChI is InChI=1S/C36H55NO3/c1-6-7-8-9-10-11-12-13-14-15-16-17-18-19-20-21-35(38)40-28-33(36(4,5)39)32-27-37-34-26-30(23-22-29(2)3)24-25-31(32)34/h10-11,13-14,22,24-27,33,37,39H,6-9,12,15-21,23,28H2,1-5H3. The number of aromatic nitrogens is 1. The Balaban J connectivity index is 1.68. The summed E-state index contributed by atoms with van der Waals surface area (Å²) in [7, 11) is 0. The van der Waals surface area contributed by atoms with Crippen molar-refractivity contribution in [1.82, 2.24) is 4.98 Å². The van der Waals surface area contributed by atoms with E-state index < -0.39 is 5.60 Å². The average molecular weight is 550 g/mol. The number of fused-ring (bicyclic) bond motifs is 1. The molecule has 0 spiro atoms. The third kappa shape index (κ3) is 13.2. The molecule has 0 bridgehead atoms. The summed E-state index contributed by atoms with van der Waals surface area (Å²) < 4.78 is 5.68. The van der Waals surface area contributed by atoms with Gasteiger partial charge in [-0.15, -0.1) is 0 Å². The van der Waals surface area contributed by atoms with Gasteiger partial charge in [-0.25, -0.2) is 0 Å². The Morgan fingerprint density at radius 2 is 1.65 bits per heavy atom. The fourth-order valence-electron chi connectivity index (χ4n) is 4.94. The molecule has 0 amide bonds. The van der Waals surface area contributed by atoms with E-state index in [1.165, 1.54) is 49.7 Å². The highest BCUT2D eigenvalue weighted by Gasteiger charge is 2.31. The zero-order valence-corrected chi connectivity index (χ0v) is 25.9. The fraction of sp³-hybridized carbons (Fsp3) is 0.583. The largest absolute Gasteiger partial charge is 0.465 e. The summed E-state index contributed by atoms with van der Waals surface area (Å²) in [5.74, 6) is -0.484. The maximum absolute atomic E-state index is 12.5. The molecule has 0 fully saturated rings. The first-order chi connectivity index (χ1) is 19.2. The predicted octanol–water partition coefficient (Wildman–Crippen LogP) is 9.89. The molecule has 1 heterocycles. The Morgan fingerprint density at radius 1 is 0.975 bits per heavy atom. The van der Waals surface area contributed by atoms with Gasteiger partial charge in [0.25, 0.3) is 0 Å². The number of esters is 1. The highest BCUT2D eigenvalue weighted by atomic mass is 16.5. The van der Waals surface area contributed by atoms with E-state index in [-0.39, 0.29) is 18.5 Å². The number of aromatic amines is 1. The average Bonchev–Trinajstić information content (AvgIpc) is 3.31. The molecule has 1 unspecified atom stereocenters. The van der Waals surface area contributed by atoms with Gasteiger partial charge >= 0.3 is 5.97 Å². The molecule has 0 saturated heterocycles. The number of H-pyrrole nitrogens is 1. The molecular weight excluding hydrogens is 494 g/mol. The Morgan fingerprint density at radius 3 is 2.33 bits per heavy atom. The van der Waals surface area contributed by atoms with E-state index in [0.717, 1.165) is 55.0 Å². The molecular formula is C36H55NO3. The Bertz CT molecular complexity index is 1080. The van der Waals surface area contributed by atoms with Crippen LogP contribution in [-0.2, 0) is 16.0 Å². The molecule has 0 aliphatic heterocycles. The van der Waals surface area contributed by atoms with E-state index in [2.05, 4.69) is 74.3 Å². The topological polar surface area (TPSA) is 62.3 Å². The second-order valence-electron chi connectivity index (χ2n) is 12.0. The molecule has 0 radical (unpaired) electrons. The van der Waals surface area contributed by atoms with Gasteiger partial charge < -0.3 is 14.8 Å². The lowest BCUT2D eigenvalue weighted by Gasteiger charge is -2.29. The van der Waals surface area contributed by atoms with Crippen LogP contribution in [-0.4, -0.2) is 28.3 Å². The van der Waals surface area contributed by atoms with Crippen LogP contribution in [0.5, 0.6) is 0 Å². The maximum Gasteiger partial charge on any atom is 0.305 e. The van der Waals surface area contributed by atoms with Crippen molar-refractivity contribution in [3.05, 3.63) is 71.5 Å². The van der Waals surface area contributed by atoms with Crippen molar-refractivity contribution >= 4 is 16.9 Å². The van der Waals surface area contributed by atoms with Gasteiger partial charge in [-0.05, 0) is 89.8 Å². The number of nitrogens with one attached hydrogen (secondary N) is 1. The van der Waals surface area contributed by atoms with Crippen LogP contribution >= 0.6 is 0 Å². The lowest BCUT2D eigenvalue weighted by atomic mass is 9.85. The molecule has 1 atom stereocenters. The van der Waals surface area contributed by atoms with E-state index in [4.69, 9.17) is 4.74 Å². The van der Waals surface area contributed by atoms with Crippen molar-refractivity contribution in [2.45, 2.75) is 130 Å². The molecule has 1 aromatic heterocycles. The van der Waals surface area contributed by atoms with Crippen LogP contribution in [0.4, 0.5) is 0 Å². The van der Waals surface area contributed by atoms with E-state index in [9.17, 15) is 9.90 Å². The highest BCUT2D eigenvalue weighted by molar-refractivity contribution is 5.84. The highest BCUT2D eigenvalue weighted by Crippen LogP contribution is 2.34. The van der Waals surface area contributed by atoms with Gasteiger partial charge in [-0.2, -0.15) is 0 Å². The molecule has 0 aliphatic carbocycles. The quantitative estimate of drug-likeness (QED) is 0.0981. The van der Waals surface area contributed by atoms with Crippen LogP contribution < -0.4 is 0 Å². The number of rotatable bonds is 20. The number of unbranched alkanes of at least 4 members (excludes halogenated alkanes) is 8. The van der Waals surface area contributed by atoms with Crippen molar-refractivity contribution in [3.63, 3.8) is 0 Å². The number of carbonyl (C=O) groups is 1.